The van der Waals surface area contributed by atoms with E-state index in [1.165, 1.54) is 11.3 Å². The number of aliphatic hydroxyl groups excluding tert-OH is 1. The highest BCUT2D eigenvalue weighted by Crippen LogP contribution is 2.40. The second-order valence-electron chi connectivity index (χ2n) is 4.09. The summed E-state index contributed by atoms with van der Waals surface area (Å²) in [6.45, 7) is -0.159. The number of thiazole rings is 1. The van der Waals surface area contributed by atoms with Crippen LogP contribution in [0.3, 0.4) is 0 Å². The van der Waals surface area contributed by atoms with Crippen LogP contribution in [0.25, 0.3) is 21.6 Å². The van der Waals surface area contributed by atoms with Crippen LogP contribution in [0.15, 0.2) is 23.6 Å². The Morgan fingerprint density at radius 3 is 2.70 bits per heavy atom. The minimum Gasteiger partial charge on any atom is -0.504 e. The second-order valence-corrected chi connectivity index (χ2v) is 5.76. The van der Waals surface area contributed by atoms with Gasteiger partial charge in [-0.15, -0.1) is 11.3 Å². The van der Waals surface area contributed by atoms with Gasteiger partial charge in [0.05, 0.1) is 22.8 Å². The molecule has 2 aromatic heterocycles. The maximum absolute atomic E-state index is 10.2. The van der Waals surface area contributed by atoms with E-state index in [0.717, 1.165) is 0 Å². The third kappa shape index (κ3) is 2.23. The highest BCUT2D eigenvalue weighted by molar-refractivity contribution is 7.13. The van der Waals surface area contributed by atoms with Crippen LogP contribution in [0.5, 0.6) is 5.75 Å². The molecule has 2 N–H and O–H groups in total. The van der Waals surface area contributed by atoms with Gasteiger partial charge in [-0.25, -0.2) is 9.97 Å². The van der Waals surface area contributed by atoms with E-state index in [0.29, 0.717) is 32.3 Å². The average Bonchev–Trinajstić information content (AvgIpc) is 2.92. The van der Waals surface area contributed by atoms with E-state index in [1.807, 2.05) is 0 Å². The van der Waals surface area contributed by atoms with Crippen molar-refractivity contribution < 1.29 is 10.2 Å². The number of benzene rings is 1. The third-order valence-corrected chi connectivity index (χ3v) is 4.29. The van der Waals surface area contributed by atoms with Gasteiger partial charge in [0.1, 0.15) is 10.7 Å². The Bertz CT molecular complexity index is 804. The van der Waals surface area contributed by atoms with Crippen LogP contribution in [0.2, 0.25) is 10.0 Å². The monoisotopic (exact) mass is 326 g/mol. The minimum atomic E-state index is -0.159. The maximum Gasteiger partial charge on any atom is 0.163 e. The lowest BCUT2D eigenvalue weighted by molar-refractivity contribution is 0.278. The van der Waals surface area contributed by atoms with Crippen molar-refractivity contribution in [2.45, 2.75) is 6.61 Å². The molecular weight excluding hydrogens is 319 g/mol. The predicted molar refractivity (Wildman–Crippen MR) is 80.5 cm³/mol. The Hall–Kier alpha value is -1.40. The third-order valence-electron chi connectivity index (χ3n) is 2.78. The summed E-state index contributed by atoms with van der Waals surface area (Å²) in [5.41, 5.74) is 1.45. The first kappa shape index (κ1) is 13.6. The summed E-state index contributed by atoms with van der Waals surface area (Å²) in [6.07, 6.45) is 0. The molecular formula is C13H8Cl2N2O2S. The van der Waals surface area contributed by atoms with Gasteiger partial charge in [-0.1, -0.05) is 23.2 Å². The molecule has 4 nitrogen and oxygen atoms in total. The van der Waals surface area contributed by atoms with E-state index in [2.05, 4.69) is 9.97 Å². The fourth-order valence-corrected chi connectivity index (χ4v) is 3.04. The van der Waals surface area contributed by atoms with E-state index < -0.39 is 0 Å². The lowest BCUT2D eigenvalue weighted by atomic mass is 10.2. The fourth-order valence-electron chi connectivity index (χ4n) is 1.82. The number of aliphatic hydroxyl groups is 1. The van der Waals surface area contributed by atoms with Gasteiger partial charge in [-0.3, -0.25) is 0 Å². The number of halogens is 2. The van der Waals surface area contributed by atoms with Gasteiger partial charge < -0.3 is 10.2 Å². The number of fused-ring (bicyclic) bond motifs is 1. The zero-order valence-corrected chi connectivity index (χ0v) is 12.3. The molecule has 3 aromatic rings. The van der Waals surface area contributed by atoms with Crippen molar-refractivity contribution in [3.63, 3.8) is 0 Å². The first-order valence-electron chi connectivity index (χ1n) is 5.63. The van der Waals surface area contributed by atoms with Crippen molar-refractivity contribution >= 4 is 45.4 Å². The Kier molecular flexibility index (Phi) is 3.52. The first-order chi connectivity index (χ1) is 9.60. The van der Waals surface area contributed by atoms with Crippen LogP contribution < -0.4 is 0 Å². The van der Waals surface area contributed by atoms with Crippen LogP contribution in [0.1, 0.15) is 5.69 Å². The van der Waals surface area contributed by atoms with Crippen molar-refractivity contribution in [3.05, 3.63) is 39.3 Å². The van der Waals surface area contributed by atoms with Crippen molar-refractivity contribution in [2.75, 3.05) is 0 Å². The highest BCUT2D eigenvalue weighted by Gasteiger charge is 2.17. The van der Waals surface area contributed by atoms with Crippen LogP contribution in [-0.2, 0) is 6.61 Å². The largest absolute Gasteiger partial charge is 0.504 e. The summed E-state index contributed by atoms with van der Waals surface area (Å²) < 4.78 is 0. The van der Waals surface area contributed by atoms with Crippen LogP contribution in [0.4, 0.5) is 0 Å². The molecule has 0 saturated heterocycles. The number of aromatic hydroxyl groups is 1. The normalized spacial score (nSPS) is 11.2. The Balaban J connectivity index is 2.26. The van der Waals surface area contributed by atoms with Gasteiger partial charge >= 0.3 is 0 Å². The maximum atomic E-state index is 10.2. The van der Waals surface area contributed by atoms with E-state index in [4.69, 9.17) is 28.3 Å². The molecule has 0 radical (unpaired) electrons. The lowest BCUT2D eigenvalue weighted by Crippen LogP contribution is -1.89. The molecule has 0 saturated carbocycles. The molecule has 0 amide bonds. The van der Waals surface area contributed by atoms with E-state index in [-0.39, 0.29) is 17.4 Å². The Morgan fingerprint density at radius 2 is 2.00 bits per heavy atom. The quantitative estimate of drug-likeness (QED) is 0.750. The predicted octanol–water partition coefficient (Wildman–Crippen LogP) is 3.86. The zero-order valence-electron chi connectivity index (χ0n) is 9.97. The Morgan fingerprint density at radius 1 is 1.20 bits per heavy atom. The molecule has 0 aliphatic carbocycles. The molecule has 0 spiro atoms. The van der Waals surface area contributed by atoms with Crippen molar-refractivity contribution in [2.24, 2.45) is 0 Å². The first-order valence-corrected chi connectivity index (χ1v) is 7.27. The van der Waals surface area contributed by atoms with E-state index in [1.54, 1.807) is 23.6 Å². The second kappa shape index (κ2) is 5.18. The zero-order chi connectivity index (χ0) is 14.3. The molecule has 0 fully saturated rings. The molecule has 0 aliphatic heterocycles. The SMILES string of the molecule is OCc1csc(-c2nc3ccc(Cl)cc3c(Cl)c2O)n1. The highest BCUT2D eigenvalue weighted by atomic mass is 35.5. The van der Waals surface area contributed by atoms with Crippen LogP contribution >= 0.6 is 34.5 Å². The molecule has 20 heavy (non-hydrogen) atoms. The number of hydrogen-bond donors (Lipinski definition) is 2. The topological polar surface area (TPSA) is 66.2 Å². The molecule has 3 rings (SSSR count). The fraction of sp³-hybridized carbons (Fsp3) is 0.0769. The number of aromatic nitrogens is 2. The van der Waals surface area contributed by atoms with Crippen LogP contribution in [0, 0.1) is 0 Å². The molecule has 0 aliphatic rings. The summed E-state index contributed by atoms with van der Waals surface area (Å²) in [5, 5.41) is 22.7. The lowest BCUT2D eigenvalue weighted by Gasteiger charge is -2.07. The summed E-state index contributed by atoms with van der Waals surface area (Å²) in [4.78, 5) is 8.55. The van der Waals surface area contributed by atoms with Crippen LogP contribution in [-0.4, -0.2) is 20.2 Å². The average molecular weight is 327 g/mol. The number of rotatable bonds is 2. The van der Waals surface area contributed by atoms with Crippen molar-refractivity contribution in [1.29, 1.82) is 0 Å². The van der Waals surface area contributed by atoms with Crippen molar-refractivity contribution in [1.82, 2.24) is 9.97 Å². The number of nitrogens with zero attached hydrogens (tertiary/aromatic N) is 2. The molecule has 0 atom stereocenters. The summed E-state index contributed by atoms with van der Waals surface area (Å²) in [6, 6.07) is 5.08. The molecule has 0 unspecified atom stereocenters. The van der Waals surface area contributed by atoms with E-state index in [9.17, 15) is 5.11 Å². The summed E-state index contributed by atoms with van der Waals surface area (Å²) >= 11 is 13.4. The van der Waals surface area contributed by atoms with Gasteiger partial charge in [0.25, 0.3) is 0 Å². The van der Waals surface area contributed by atoms with Gasteiger partial charge in [-0.2, -0.15) is 0 Å². The molecule has 102 valence electrons. The van der Waals surface area contributed by atoms with Gasteiger partial charge in [0, 0.05) is 15.8 Å². The minimum absolute atomic E-state index is 0.139. The van der Waals surface area contributed by atoms with Gasteiger partial charge in [0.15, 0.2) is 5.75 Å². The molecule has 2 heterocycles. The summed E-state index contributed by atoms with van der Waals surface area (Å²) in [5.74, 6) is -0.139. The number of pyridine rings is 1. The molecule has 1 aromatic carbocycles. The van der Waals surface area contributed by atoms with E-state index >= 15 is 0 Å². The smallest absolute Gasteiger partial charge is 0.163 e. The Labute approximate surface area is 128 Å². The molecule has 7 heteroatoms. The molecule has 0 bridgehead atoms. The van der Waals surface area contributed by atoms with Gasteiger partial charge in [-0.05, 0) is 18.2 Å². The number of hydrogen-bond acceptors (Lipinski definition) is 5. The van der Waals surface area contributed by atoms with Crippen molar-refractivity contribution in [3.8, 4) is 16.5 Å². The van der Waals surface area contributed by atoms with Gasteiger partial charge in [0.2, 0.25) is 0 Å². The summed E-state index contributed by atoms with van der Waals surface area (Å²) in [7, 11) is 0. The standard InChI is InChI=1S/C13H8Cl2N2O2S/c14-6-1-2-9-8(3-6)10(15)12(19)11(17-9)13-16-7(4-18)5-20-13/h1-3,5,18-19H,4H2.